The van der Waals surface area contributed by atoms with Crippen molar-refractivity contribution in [3.8, 4) is 5.75 Å². The van der Waals surface area contributed by atoms with Gasteiger partial charge in [0.25, 0.3) is 0 Å². The van der Waals surface area contributed by atoms with E-state index in [2.05, 4.69) is 20.5 Å². The highest BCUT2D eigenvalue weighted by Gasteiger charge is 2.22. The first-order valence-corrected chi connectivity index (χ1v) is 10.9. The molecule has 1 atom stereocenters. The summed E-state index contributed by atoms with van der Waals surface area (Å²) >= 11 is 0. The lowest BCUT2D eigenvalue weighted by Gasteiger charge is -2.30. The number of carbonyl (C=O) groups is 1. The minimum Gasteiger partial charge on any atom is -0.486 e. The number of guanidine groups is 1. The number of likely N-dealkylation sites (tertiary alicyclic amines) is 1. The Morgan fingerprint density at radius 1 is 1.29 bits per heavy atom. The van der Waals surface area contributed by atoms with Crippen LogP contribution in [0.25, 0.3) is 0 Å². The van der Waals surface area contributed by atoms with Crippen molar-refractivity contribution in [1.29, 1.82) is 0 Å². The molecule has 176 valence electrons. The first-order valence-electron chi connectivity index (χ1n) is 10.9. The van der Waals surface area contributed by atoms with Gasteiger partial charge >= 0.3 is 0 Å². The molecule has 2 rings (SSSR count). The molecule has 1 unspecified atom stereocenters. The fraction of sp³-hybridized carbons (Fsp3) is 0.636. The van der Waals surface area contributed by atoms with Crippen molar-refractivity contribution in [3.05, 3.63) is 30.1 Å². The molecule has 0 radical (unpaired) electrons. The summed E-state index contributed by atoms with van der Waals surface area (Å²) in [6, 6.07) is 6.40. The second-order valence-corrected chi connectivity index (χ2v) is 7.73. The molecular weight excluding hydrogens is 512 g/mol. The predicted molar refractivity (Wildman–Crippen MR) is 133 cm³/mol. The maximum Gasteiger partial charge on any atom is 0.220 e. The number of nitrogens with zero attached hydrogens (tertiary/aromatic N) is 2. The maximum atomic E-state index is 13.7. The molecule has 31 heavy (non-hydrogen) atoms. The first kappa shape index (κ1) is 27.4. The summed E-state index contributed by atoms with van der Waals surface area (Å²) in [5, 5.41) is 6.56. The number of benzene rings is 1. The van der Waals surface area contributed by atoms with Gasteiger partial charge in [0, 0.05) is 19.0 Å². The number of nitrogens with one attached hydrogen (secondary N) is 2. The number of carbonyl (C=O) groups excluding carboxylic acids is 1. The molecule has 1 aromatic rings. The van der Waals surface area contributed by atoms with Gasteiger partial charge in [0.05, 0.1) is 6.54 Å². The fourth-order valence-corrected chi connectivity index (χ4v) is 3.46. The van der Waals surface area contributed by atoms with Gasteiger partial charge in [-0.25, -0.2) is 9.38 Å². The van der Waals surface area contributed by atoms with Crippen molar-refractivity contribution in [3.63, 3.8) is 0 Å². The lowest BCUT2D eigenvalue weighted by atomic mass is 9.96. The van der Waals surface area contributed by atoms with Gasteiger partial charge in [0.15, 0.2) is 17.5 Å². The van der Waals surface area contributed by atoms with Crippen molar-refractivity contribution < 1.29 is 13.9 Å². The van der Waals surface area contributed by atoms with Crippen molar-refractivity contribution in [1.82, 2.24) is 15.5 Å². The van der Waals surface area contributed by atoms with Crippen molar-refractivity contribution in [2.45, 2.75) is 45.6 Å². The van der Waals surface area contributed by atoms with E-state index in [0.29, 0.717) is 6.54 Å². The summed E-state index contributed by atoms with van der Waals surface area (Å²) in [5.74, 6) is 0.508. The number of rotatable bonds is 11. The molecular formula is C22H37FIN5O2. The molecule has 1 saturated heterocycles. The zero-order valence-electron chi connectivity index (χ0n) is 18.6. The summed E-state index contributed by atoms with van der Waals surface area (Å²) in [6.07, 6.45) is 3.62. The molecule has 1 aliphatic rings. The van der Waals surface area contributed by atoms with Crippen LogP contribution in [0, 0.1) is 11.7 Å². The van der Waals surface area contributed by atoms with Crippen LogP contribution >= 0.6 is 24.0 Å². The highest BCUT2D eigenvalue weighted by Crippen LogP contribution is 2.17. The third kappa shape index (κ3) is 10.5. The van der Waals surface area contributed by atoms with E-state index in [1.807, 2.05) is 13.8 Å². The third-order valence-electron chi connectivity index (χ3n) is 5.20. The molecule has 1 amide bonds. The number of amides is 1. The highest BCUT2D eigenvalue weighted by molar-refractivity contribution is 14.0. The molecule has 1 aromatic carbocycles. The van der Waals surface area contributed by atoms with Crippen LogP contribution in [-0.2, 0) is 4.79 Å². The van der Waals surface area contributed by atoms with Crippen molar-refractivity contribution in [2.24, 2.45) is 16.6 Å². The first-order chi connectivity index (χ1) is 14.5. The molecule has 0 aromatic heterocycles. The largest absolute Gasteiger partial charge is 0.486 e. The Morgan fingerprint density at radius 2 is 2.00 bits per heavy atom. The minimum atomic E-state index is -0.364. The molecule has 1 fully saturated rings. The van der Waals surface area contributed by atoms with Crippen LogP contribution < -0.4 is 21.1 Å². The fourth-order valence-electron chi connectivity index (χ4n) is 3.46. The molecule has 0 spiro atoms. The Bertz CT molecular complexity index is 684. The van der Waals surface area contributed by atoms with Gasteiger partial charge in [-0.2, -0.15) is 0 Å². The van der Waals surface area contributed by atoms with Crippen LogP contribution in [0.15, 0.2) is 29.3 Å². The number of halogens is 2. The molecule has 0 saturated carbocycles. The highest BCUT2D eigenvalue weighted by atomic mass is 127. The van der Waals surface area contributed by atoms with Gasteiger partial charge in [0.1, 0.15) is 6.10 Å². The number of primary amides is 1. The second kappa shape index (κ2) is 15.2. The Hall–Kier alpha value is -1.62. The normalized spacial score (nSPS) is 16.3. The zero-order valence-corrected chi connectivity index (χ0v) is 20.9. The van der Waals surface area contributed by atoms with E-state index >= 15 is 0 Å². The Kier molecular flexibility index (Phi) is 13.5. The maximum absolute atomic E-state index is 13.7. The van der Waals surface area contributed by atoms with Crippen LogP contribution in [0.4, 0.5) is 4.39 Å². The van der Waals surface area contributed by atoms with Crippen LogP contribution in [0.3, 0.4) is 0 Å². The standard InChI is InChI=1S/C22H36FN5O2.HI/c1-3-25-22(27-16-17(2)30-20-9-5-4-8-19(20)23)26-12-6-7-13-28-14-10-18(11-15-28)21(24)29;/h4-5,8-9,17-18H,3,6-7,10-16H2,1-2H3,(H2,24,29)(H2,25,26,27);1H. The molecule has 4 N–H and O–H groups in total. The van der Waals surface area contributed by atoms with Gasteiger partial charge in [0.2, 0.25) is 5.91 Å². The van der Waals surface area contributed by atoms with Gasteiger partial charge < -0.3 is 26.0 Å². The number of unbranched alkanes of at least 4 members (excludes halogenated alkanes) is 1. The van der Waals surface area contributed by atoms with Gasteiger partial charge in [-0.3, -0.25) is 4.79 Å². The lowest BCUT2D eigenvalue weighted by molar-refractivity contribution is -0.123. The summed E-state index contributed by atoms with van der Waals surface area (Å²) in [4.78, 5) is 18.2. The molecule has 1 aliphatic heterocycles. The zero-order chi connectivity index (χ0) is 21.8. The van der Waals surface area contributed by atoms with E-state index in [1.165, 1.54) is 6.07 Å². The lowest BCUT2D eigenvalue weighted by Crippen LogP contribution is -2.40. The molecule has 9 heteroatoms. The molecule has 0 aliphatic carbocycles. The van der Waals surface area contributed by atoms with Crippen LogP contribution in [0.1, 0.15) is 39.5 Å². The Labute approximate surface area is 202 Å². The summed E-state index contributed by atoms with van der Waals surface area (Å²) in [5.41, 5.74) is 5.39. The van der Waals surface area contributed by atoms with E-state index in [1.54, 1.807) is 18.2 Å². The van der Waals surface area contributed by atoms with Crippen LogP contribution in [-0.4, -0.2) is 62.1 Å². The van der Waals surface area contributed by atoms with Gasteiger partial charge in [-0.15, -0.1) is 24.0 Å². The van der Waals surface area contributed by atoms with E-state index < -0.39 is 0 Å². The molecule has 1 heterocycles. The Balaban J connectivity index is 0.00000480. The van der Waals surface area contributed by atoms with E-state index in [4.69, 9.17) is 10.5 Å². The van der Waals surface area contributed by atoms with E-state index in [-0.39, 0.29) is 53.5 Å². The number of aliphatic imine (C=N–C) groups is 1. The number of hydrogen-bond donors (Lipinski definition) is 3. The van der Waals surface area contributed by atoms with Gasteiger partial charge in [-0.1, -0.05) is 12.1 Å². The van der Waals surface area contributed by atoms with Crippen molar-refractivity contribution in [2.75, 3.05) is 39.3 Å². The average molecular weight is 549 g/mol. The number of nitrogens with two attached hydrogens (primary N) is 1. The van der Waals surface area contributed by atoms with Crippen molar-refractivity contribution >= 4 is 35.8 Å². The molecule has 0 bridgehead atoms. The number of hydrogen-bond acceptors (Lipinski definition) is 4. The smallest absolute Gasteiger partial charge is 0.220 e. The van der Waals surface area contributed by atoms with Crippen LogP contribution in [0.2, 0.25) is 0 Å². The summed E-state index contributed by atoms with van der Waals surface area (Å²) in [6.45, 7) is 8.85. The molecule has 7 nitrogen and oxygen atoms in total. The number of ether oxygens (including phenoxy) is 1. The predicted octanol–water partition coefficient (Wildman–Crippen LogP) is 2.74. The Morgan fingerprint density at radius 3 is 2.65 bits per heavy atom. The topological polar surface area (TPSA) is 92.0 Å². The summed E-state index contributed by atoms with van der Waals surface area (Å²) < 4.78 is 19.3. The van der Waals surface area contributed by atoms with Crippen LogP contribution in [0.5, 0.6) is 5.75 Å². The minimum absolute atomic E-state index is 0. The number of para-hydroxylation sites is 1. The van der Waals surface area contributed by atoms with E-state index in [0.717, 1.165) is 64.4 Å². The third-order valence-corrected chi connectivity index (χ3v) is 5.20. The number of piperidine rings is 1. The van der Waals surface area contributed by atoms with Gasteiger partial charge in [-0.05, 0) is 71.3 Å². The van der Waals surface area contributed by atoms with E-state index in [9.17, 15) is 9.18 Å². The summed E-state index contributed by atoms with van der Waals surface area (Å²) in [7, 11) is 0. The average Bonchev–Trinajstić information content (AvgIpc) is 2.73. The monoisotopic (exact) mass is 549 g/mol. The quantitative estimate of drug-likeness (QED) is 0.171. The SMILES string of the molecule is CCNC(=NCC(C)Oc1ccccc1F)NCCCCN1CCC(C(N)=O)CC1.I. The second-order valence-electron chi connectivity index (χ2n) is 7.73.